The molecule has 5 nitrogen and oxygen atoms in total. The lowest BCUT2D eigenvalue weighted by Gasteiger charge is -2.29. The molecule has 1 aliphatic heterocycles. The maximum absolute atomic E-state index is 11.0. The number of imidazole rings is 1. The number of nitrogens with zero attached hydrogens (tertiary/aromatic N) is 2. The zero-order valence-electron chi connectivity index (χ0n) is 11.5. The topological polar surface area (TPSA) is 64.4 Å². The Morgan fingerprint density at radius 2 is 2.20 bits per heavy atom. The molecule has 1 atom stereocenters. The van der Waals surface area contributed by atoms with Gasteiger partial charge >= 0.3 is 5.97 Å². The lowest BCUT2D eigenvalue weighted by Crippen LogP contribution is -2.23. The fraction of sp³-hybridized carbons (Fsp3) is 0.467. The third-order valence-electron chi connectivity index (χ3n) is 4.21. The minimum Gasteiger partial charge on any atom is -0.478 e. The van der Waals surface area contributed by atoms with E-state index in [0.29, 0.717) is 12.0 Å². The zero-order valence-corrected chi connectivity index (χ0v) is 11.5. The normalized spacial score (nSPS) is 18.2. The summed E-state index contributed by atoms with van der Waals surface area (Å²) in [5, 5.41) is 9.02. The van der Waals surface area contributed by atoms with Crippen LogP contribution in [0, 0.1) is 5.92 Å². The summed E-state index contributed by atoms with van der Waals surface area (Å²) in [6, 6.07) is 5.46. The van der Waals surface area contributed by atoms with Gasteiger partial charge < -0.3 is 14.4 Å². The highest BCUT2D eigenvalue weighted by molar-refractivity contribution is 5.92. The van der Waals surface area contributed by atoms with E-state index in [4.69, 9.17) is 9.84 Å². The van der Waals surface area contributed by atoms with Crippen LogP contribution in [0.1, 0.15) is 36.2 Å². The Morgan fingerprint density at radius 1 is 1.45 bits per heavy atom. The minimum absolute atomic E-state index is 0.279. The SMILES string of the molecule is CC(C1CCOCC1)n1cnc2cc(C(=O)O)ccc21. The molecule has 0 saturated carbocycles. The number of carboxylic acid groups (broad SMARTS) is 1. The van der Waals surface area contributed by atoms with Gasteiger partial charge in [-0.2, -0.15) is 0 Å². The number of aromatic carboxylic acids is 1. The Labute approximate surface area is 117 Å². The summed E-state index contributed by atoms with van der Waals surface area (Å²) in [6.45, 7) is 3.85. The lowest BCUT2D eigenvalue weighted by molar-refractivity contribution is 0.0519. The van der Waals surface area contributed by atoms with E-state index in [1.54, 1.807) is 12.1 Å². The number of hydrogen-bond donors (Lipinski definition) is 1. The Morgan fingerprint density at radius 3 is 2.90 bits per heavy atom. The molecule has 0 aliphatic carbocycles. The van der Waals surface area contributed by atoms with Crippen LogP contribution in [-0.2, 0) is 4.74 Å². The predicted molar refractivity (Wildman–Crippen MR) is 74.9 cm³/mol. The van der Waals surface area contributed by atoms with Crippen LogP contribution < -0.4 is 0 Å². The van der Waals surface area contributed by atoms with Crippen molar-refractivity contribution in [2.45, 2.75) is 25.8 Å². The van der Waals surface area contributed by atoms with Crippen LogP contribution in [0.3, 0.4) is 0 Å². The van der Waals surface area contributed by atoms with Crippen molar-refractivity contribution in [1.29, 1.82) is 0 Å². The number of benzene rings is 1. The molecule has 2 heterocycles. The van der Waals surface area contributed by atoms with Crippen molar-refractivity contribution < 1.29 is 14.6 Å². The highest BCUT2D eigenvalue weighted by Crippen LogP contribution is 2.30. The number of rotatable bonds is 3. The average Bonchev–Trinajstić information content (AvgIpc) is 2.90. The molecule has 5 heteroatoms. The van der Waals surface area contributed by atoms with Gasteiger partial charge in [-0.05, 0) is 43.9 Å². The number of hydrogen-bond acceptors (Lipinski definition) is 3. The van der Waals surface area contributed by atoms with Gasteiger partial charge in [0.05, 0.1) is 22.9 Å². The molecule has 1 N–H and O–H groups in total. The number of carboxylic acids is 1. The molecule has 1 fully saturated rings. The number of ether oxygens (including phenoxy) is 1. The fourth-order valence-electron chi connectivity index (χ4n) is 2.91. The summed E-state index contributed by atoms with van der Waals surface area (Å²) < 4.78 is 7.56. The first-order valence-corrected chi connectivity index (χ1v) is 6.94. The summed E-state index contributed by atoms with van der Waals surface area (Å²) in [6.07, 6.45) is 3.94. The molecule has 2 aromatic rings. The molecule has 1 unspecified atom stereocenters. The lowest BCUT2D eigenvalue weighted by atomic mass is 9.92. The summed E-state index contributed by atoms with van der Waals surface area (Å²) in [7, 11) is 0. The van der Waals surface area contributed by atoms with Crippen LogP contribution in [0.2, 0.25) is 0 Å². The van der Waals surface area contributed by atoms with Crippen molar-refractivity contribution in [3.8, 4) is 0 Å². The van der Waals surface area contributed by atoms with Crippen LogP contribution in [-0.4, -0.2) is 33.8 Å². The summed E-state index contributed by atoms with van der Waals surface area (Å²) in [5.41, 5.74) is 2.01. The Balaban J connectivity index is 1.93. The smallest absolute Gasteiger partial charge is 0.335 e. The van der Waals surface area contributed by atoms with E-state index in [1.807, 2.05) is 12.4 Å². The second-order valence-electron chi connectivity index (χ2n) is 5.35. The second-order valence-corrected chi connectivity index (χ2v) is 5.35. The highest BCUT2D eigenvalue weighted by atomic mass is 16.5. The van der Waals surface area contributed by atoms with E-state index in [-0.39, 0.29) is 5.56 Å². The van der Waals surface area contributed by atoms with Gasteiger partial charge in [0, 0.05) is 19.3 Å². The van der Waals surface area contributed by atoms with Crippen LogP contribution in [0.15, 0.2) is 24.5 Å². The van der Waals surface area contributed by atoms with Gasteiger partial charge in [0.25, 0.3) is 0 Å². The molecular formula is C15H18N2O3. The molecule has 1 aromatic carbocycles. The maximum atomic E-state index is 11.0. The monoisotopic (exact) mass is 274 g/mol. The second kappa shape index (κ2) is 5.25. The molecular weight excluding hydrogens is 256 g/mol. The van der Waals surface area contributed by atoms with Gasteiger partial charge in [0.1, 0.15) is 0 Å². The molecule has 1 aliphatic rings. The van der Waals surface area contributed by atoms with E-state index in [0.717, 1.165) is 37.1 Å². The van der Waals surface area contributed by atoms with Crippen molar-refractivity contribution in [3.63, 3.8) is 0 Å². The molecule has 1 aromatic heterocycles. The van der Waals surface area contributed by atoms with Crippen LogP contribution in [0.5, 0.6) is 0 Å². The van der Waals surface area contributed by atoms with E-state index < -0.39 is 5.97 Å². The largest absolute Gasteiger partial charge is 0.478 e. The van der Waals surface area contributed by atoms with Gasteiger partial charge in [-0.1, -0.05) is 0 Å². The molecule has 3 rings (SSSR count). The zero-order chi connectivity index (χ0) is 14.1. The van der Waals surface area contributed by atoms with Gasteiger partial charge in [-0.15, -0.1) is 0 Å². The van der Waals surface area contributed by atoms with Crippen molar-refractivity contribution in [2.75, 3.05) is 13.2 Å². The van der Waals surface area contributed by atoms with Crippen LogP contribution >= 0.6 is 0 Å². The quantitative estimate of drug-likeness (QED) is 0.934. The first-order chi connectivity index (χ1) is 9.66. The molecule has 0 bridgehead atoms. The Kier molecular flexibility index (Phi) is 3.44. The van der Waals surface area contributed by atoms with E-state index in [9.17, 15) is 4.79 Å². The number of carbonyl (C=O) groups is 1. The Hall–Kier alpha value is -1.88. The van der Waals surface area contributed by atoms with Gasteiger partial charge in [0.15, 0.2) is 0 Å². The van der Waals surface area contributed by atoms with Crippen molar-refractivity contribution in [1.82, 2.24) is 9.55 Å². The molecule has 20 heavy (non-hydrogen) atoms. The number of fused-ring (bicyclic) bond motifs is 1. The average molecular weight is 274 g/mol. The summed E-state index contributed by atoms with van der Waals surface area (Å²) >= 11 is 0. The highest BCUT2D eigenvalue weighted by Gasteiger charge is 2.23. The Bertz CT molecular complexity index is 629. The minimum atomic E-state index is -0.918. The van der Waals surface area contributed by atoms with Gasteiger partial charge in [0.2, 0.25) is 0 Å². The fourth-order valence-corrected chi connectivity index (χ4v) is 2.91. The van der Waals surface area contributed by atoms with E-state index in [1.165, 1.54) is 0 Å². The third kappa shape index (κ3) is 2.29. The molecule has 106 valence electrons. The van der Waals surface area contributed by atoms with Gasteiger partial charge in [-0.3, -0.25) is 0 Å². The third-order valence-corrected chi connectivity index (χ3v) is 4.21. The van der Waals surface area contributed by atoms with Crippen LogP contribution in [0.25, 0.3) is 11.0 Å². The molecule has 0 amide bonds. The number of aromatic nitrogens is 2. The summed E-state index contributed by atoms with van der Waals surface area (Å²) in [4.78, 5) is 15.3. The van der Waals surface area contributed by atoms with E-state index in [2.05, 4.69) is 16.5 Å². The first-order valence-electron chi connectivity index (χ1n) is 6.94. The summed E-state index contributed by atoms with van der Waals surface area (Å²) in [5.74, 6) is -0.334. The van der Waals surface area contributed by atoms with Crippen molar-refractivity contribution in [3.05, 3.63) is 30.1 Å². The molecule has 1 saturated heterocycles. The van der Waals surface area contributed by atoms with Crippen LogP contribution in [0.4, 0.5) is 0 Å². The maximum Gasteiger partial charge on any atom is 0.335 e. The van der Waals surface area contributed by atoms with E-state index >= 15 is 0 Å². The van der Waals surface area contributed by atoms with Crippen molar-refractivity contribution in [2.24, 2.45) is 5.92 Å². The van der Waals surface area contributed by atoms with Gasteiger partial charge in [-0.25, -0.2) is 9.78 Å². The standard InChI is InChI=1S/C15H18N2O3/c1-10(11-4-6-20-7-5-11)17-9-16-13-8-12(15(18)19)2-3-14(13)17/h2-3,8-11H,4-7H2,1H3,(H,18,19). The molecule has 0 radical (unpaired) electrons. The predicted octanol–water partition coefficient (Wildman–Crippen LogP) is 2.72. The molecule has 0 spiro atoms. The van der Waals surface area contributed by atoms with Crippen molar-refractivity contribution >= 4 is 17.0 Å². The first kappa shape index (κ1) is 13.1.